The van der Waals surface area contributed by atoms with Crippen LogP contribution in [0.3, 0.4) is 0 Å². The van der Waals surface area contributed by atoms with Crippen LogP contribution in [0.5, 0.6) is 0 Å². The molecule has 0 aliphatic rings. The van der Waals surface area contributed by atoms with E-state index in [0.29, 0.717) is 6.04 Å². The van der Waals surface area contributed by atoms with E-state index < -0.39 is 0 Å². The Bertz CT molecular complexity index is 157. The number of rotatable bonds is 2. The lowest BCUT2D eigenvalue weighted by Crippen LogP contribution is -2.53. The lowest BCUT2D eigenvalue weighted by atomic mass is 10.3. The largest absolute Gasteiger partial charge is 0.356 e. The van der Waals surface area contributed by atoms with Crippen LogP contribution >= 0.6 is 0 Å². The van der Waals surface area contributed by atoms with E-state index in [0.717, 1.165) is 6.54 Å². The summed E-state index contributed by atoms with van der Waals surface area (Å²) in [6.45, 7) is 3.03. The molecule has 1 aromatic rings. The van der Waals surface area contributed by atoms with Gasteiger partial charge in [-0.15, -0.1) is 0 Å². The van der Waals surface area contributed by atoms with E-state index in [4.69, 9.17) is 0 Å². The van der Waals surface area contributed by atoms with Gasteiger partial charge in [-0.1, -0.05) is 0 Å². The minimum Gasteiger partial charge on any atom is -0.356 e. The third kappa shape index (κ3) is 1.29. The molecule has 0 saturated carbocycles. The summed E-state index contributed by atoms with van der Waals surface area (Å²) in [5.41, 5.74) is 3.79. The molecule has 3 heteroatoms. The van der Waals surface area contributed by atoms with Crippen molar-refractivity contribution in [2.24, 2.45) is 0 Å². The lowest BCUT2D eigenvalue weighted by Gasteiger charge is -2.05. The van der Waals surface area contributed by atoms with Gasteiger partial charge in [0.25, 0.3) is 0 Å². The van der Waals surface area contributed by atoms with Crippen LogP contribution in [0.2, 0.25) is 0 Å². The quantitative estimate of drug-likeness (QED) is 0.580. The molecule has 0 radical (unpaired) electrons. The van der Waals surface area contributed by atoms with Crippen LogP contribution in [0.1, 0.15) is 13.0 Å². The minimum absolute atomic E-state index is 0.479. The molecular weight excluding hydrogens is 114 g/mol. The molecule has 0 saturated heterocycles. The molecule has 9 heavy (non-hydrogen) atoms. The first kappa shape index (κ1) is 6.29. The van der Waals surface area contributed by atoms with Crippen molar-refractivity contribution in [3.8, 4) is 0 Å². The number of hydrogen-bond donors (Lipinski definition) is 1. The van der Waals surface area contributed by atoms with Gasteiger partial charge in [-0.3, -0.25) is 0 Å². The van der Waals surface area contributed by atoms with Crippen LogP contribution in [-0.4, -0.2) is 16.1 Å². The predicted octanol–water partition coefficient (Wildman–Crippen LogP) is -0.314. The predicted molar refractivity (Wildman–Crippen MR) is 34.7 cm³/mol. The fourth-order valence-electron chi connectivity index (χ4n) is 0.679. The van der Waals surface area contributed by atoms with Gasteiger partial charge < -0.3 is 10.3 Å². The molecule has 0 aliphatic heterocycles. The number of nitrogens with zero attached hydrogens (tertiary/aromatic N) is 2. The van der Waals surface area contributed by atoms with Crippen LogP contribution in [0.4, 0.5) is 0 Å². The van der Waals surface area contributed by atoms with E-state index >= 15 is 0 Å². The maximum atomic E-state index is 3.93. The maximum Gasteiger partial charge on any atom is 0.0950 e. The van der Waals surface area contributed by atoms with Crippen LogP contribution in [-0.2, 0) is 0 Å². The van der Waals surface area contributed by atoms with E-state index in [2.05, 4.69) is 17.6 Å². The van der Waals surface area contributed by atoms with Gasteiger partial charge in [0.2, 0.25) is 0 Å². The smallest absolute Gasteiger partial charge is 0.0950 e. The number of hydrogen-bond acceptors (Lipinski definition) is 1. The monoisotopic (exact) mass is 126 g/mol. The van der Waals surface area contributed by atoms with Crippen LogP contribution in [0.25, 0.3) is 0 Å². The van der Waals surface area contributed by atoms with Gasteiger partial charge in [-0.25, -0.2) is 4.98 Å². The first-order valence-corrected chi connectivity index (χ1v) is 3.11. The maximum absolute atomic E-state index is 3.93. The second-order valence-electron chi connectivity index (χ2n) is 2.15. The highest BCUT2D eigenvalue weighted by atomic mass is 15.1. The molecule has 3 N–H and O–H groups in total. The second kappa shape index (κ2) is 2.64. The molecule has 3 nitrogen and oxygen atoms in total. The summed E-state index contributed by atoms with van der Waals surface area (Å²) in [6.07, 6.45) is 5.55. The van der Waals surface area contributed by atoms with E-state index in [1.165, 1.54) is 0 Å². The zero-order chi connectivity index (χ0) is 6.69. The Labute approximate surface area is 54.5 Å². The number of imidazole rings is 1. The highest BCUT2D eigenvalue weighted by molar-refractivity contribution is 4.77. The molecule has 0 fully saturated rings. The van der Waals surface area contributed by atoms with Gasteiger partial charge in [0.05, 0.1) is 18.9 Å². The van der Waals surface area contributed by atoms with Crippen molar-refractivity contribution < 1.29 is 5.73 Å². The summed E-state index contributed by atoms with van der Waals surface area (Å²) in [7, 11) is 0. The Kier molecular flexibility index (Phi) is 1.85. The van der Waals surface area contributed by atoms with Crippen molar-refractivity contribution >= 4 is 0 Å². The fourth-order valence-corrected chi connectivity index (χ4v) is 0.679. The normalized spacial score (nSPS) is 13.6. The zero-order valence-electron chi connectivity index (χ0n) is 5.62. The average molecular weight is 126 g/mol. The van der Waals surface area contributed by atoms with Crippen molar-refractivity contribution in [2.45, 2.75) is 13.0 Å². The molecular formula is C6H12N3+. The van der Waals surface area contributed by atoms with E-state index in [1.807, 2.05) is 17.1 Å². The van der Waals surface area contributed by atoms with Gasteiger partial charge in [-0.2, -0.15) is 0 Å². The third-order valence-corrected chi connectivity index (χ3v) is 1.45. The second-order valence-corrected chi connectivity index (χ2v) is 2.15. The Hall–Kier alpha value is -0.830. The molecule has 0 bridgehead atoms. The molecule has 0 amide bonds. The summed E-state index contributed by atoms with van der Waals surface area (Å²) in [4.78, 5) is 3.93. The van der Waals surface area contributed by atoms with Crippen LogP contribution < -0.4 is 5.73 Å². The number of aromatic nitrogens is 2. The minimum atomic E-state index is 0.479. The van der Waals surface area contributed by atoms with Gasteiger partial charge in [0.15, 0.2) is 0 Å². The van der Waals surface area contributed by atoms with Gasteiger partial charge in [-0.05, 0) is 6.92 Å². The molecule has 0 spiro atoms. The molecule has 0 aliphatic carbocycles. The highest BCUT2D eigenvalue weighted by Gasteiger charge is 1.99. The van der Waals surface area contributed by atoms with E-state index in [1.54, 1.807) is 6.20 Å². The van der Waals surface area contributed by atoms with Crippen molar-refractivity contribution in [3.05, 3.63) is 18.7 Å². The first-order chi connectivity index (χ1) is 4.34. The average Bonchev–Trinajstić information content (AvgIpc) is 2.37. The summed E-state index contributed by atoms with van der Waals surface area (Å²) in [5.74, 6) is 0. The molecule has 1 aromatic heterocycles. The van der Waals surface area contributed by atoms with Crippen molar-refractivity contribution in [2.75, 3.05) is 6.54 Å². The fraction of sp³-hybridized carbons (Fsp3) is 0.500. The first-order valence-electron chi connectivity index (χ1n) is 3.11. The Balaban J connectivity index is 2.65. The summed E-state index contributed by atoms with van der Waals surface area (Å²) < 4.78 is 2.05. The van der Waals surface area contributed by atoms with Gasteiger partial charge in [0.1, 0.15) is 0 Å². The molecule has 50 valence electrons. The Morgan fingerprint density at radius 1 is 1.78 bits per heavy atom. The number of quaternary nitrogens is 1. The molecule has 1 heterocycles. The molecule has 0 aromatic carbocycles. The van der Waals surface area contributed by atoms with E-state index in [-0.39, 0.29) is 0 Å². The molecule has 0 unspecified atom stereocenters. The van der Waals surface area contributed by atoms with Gasteiger partial charge in [0, 0.05) is 12.4 Å². The summed E-state index contributed by atoms with van der Waals surface area (Å²) >= 11 is 0. The van der Waals surface area contributed by atoms with Crippen molar-refractivity contribution in [1.29, 1.82) is 0 Å². The van der Waals surface area contributed by atoms with Crippen LogP contribution in [0.15, 0.2) is 18.7 Å². The van der Waals surface area contributed by atoms with Crippen molar-refractivity contribution in [1.82, 2.24) is 9.55 Å². The standard InChI is InChI=1S/C6H11N3/c1-6(4-7)9-3-2-8-5-9/h2-3,5-6H,4,7H2,1H3/p+1/t6-/m0/s1. The topological polar surface area (TPSA) is 45.5 Å². The zero-order valence-corrected chi connectivity index (χ0v) is 5.62. The summed E-state index contributed by atoms with van der Waals surface area (Å²) in [6, 6.07) is 0.479. The SMILES string of the molecule is C[C@@H](C[NH3+])n1ccnc1. The van der Waals surface area contributed by atoms with Gasteiger partial charge >= 0.3 is 0 Å². The Morgan fingerprint density at radius 3 is 3.00 bits per heavy atom. The molecule has 1 rings (SSSR count). The summed E-state index contributed by atoms with van der Waals surface area (Å²) in [5, 5.41) is 0. The third-order valence-electron chi connectivity index (χ3n) is 1.45. The lowest BCUT2D eigenvalue weighted by molar-refractivity contribution is -0.375. The van der Waals surface area contributed by atoms with E-state index in [9.17, 15) is 0 Å². The van der Waals surface area contributed by atoms with Crippen LogP contribution in [0, 0.1) is 0 Å². The highest BCUT2D eigenvalue weighted by Crippen LogP contribution is 1.98. The Morgan fingerprint density at radius 2 is 2.56 bits per heavy atom. The molecule has 1 atom stereocenters. The van der Waals surface area contributed by atoms with Crippen molar-refractivity contribution in [3.63, 3.8) is 0 Å².